The molecule has 1 heterocycles. The van der Waals surface area contributed by atoms with Crippen LogP contribution in [0, 0.1) is 5.41 Å². The van der Waals surface area contributed by atoms with E-state index >= 15 is 0 Å². The Bertz CT molecular complexity index is 1190. The van der Waals surface area contributed by atoms with Crippen LogP contribution in [0.25, 0.3) is 0 Å². The Morgan fingerprint density at radius 3 is 2.16 bits per heavy atom. The van der Waals surface area contributed by atoms with Crippen molar-refractivity contribution in [2.24, 2.45) is 5.41 Å². The molecule has 0 unspecified atom stereocenters. The first-order valence-corrected chi connectivity index (χ1v) is 11.3. The molecule has 0 atom stereocenters. The summed E-state index contributed by atoms with van der Waals surface area (Å²) in [5, 5.41) is 3.08. The van der Waals surface area contributed by atoms with Crippen molar-refractivity contribution in [2.45, 2.75) is 25.7 Å². The SMILES string of the molecule is COc1ccc(S(=O)(=O)Nc2cccnc2Nc2ccc(OC(=O)C(C)(C)C)cc2)cc1. The zero-order chi connectivity index (χ0) is 23.4. The standard InChI is InChI=1S/C23H25N3O5S/c1-23(2,3)22(27)31-18-9-7-16(8-10-18)25-21-20(6-5-15-24-21)26-32(28,29)19-13-11-17(30-4)12-14-19/h5-15,26H,1-4H3,(H,24,25). The molecule has 0 bridgehead atoms. The predicted molar refractivity (Wildman–Crippen MR) is 123 cm³/mol. The van der Waals surface area contributed by atoms with Gasteiger partial charge in [0.1, 0.15) is 11.5 Å². The number of sulfonamides is 1. The monoisotopic (exact) mass is 455 g/mol. The lowest BCUT2D eigenvalue weighted by atomic mass is 9.97. The number of hydrogen-bond acceptors (Lipinski definition) is 7. The van der Waals surface area contributed by atoms with E-state index in [1.807, 2.05) is 0 Å². The third-order valence-electron chi connectivity index (χ3n) is 4.36. The van der Waals surface area contributed by atoms with Crippen LogP contribution in [0.5, 0.6) is 11.5 Å². The number of ether oxygens (including phenoxy) is 2. The fourth-order valence-electron chi connectivity index (χ4n) is 2.55. The van der Waals surface area contributed by atoms with Crippen molar-refractivity contribution in [3.8, 4) is 11.5 Å². The van der Waals surface area contributed by atoms with Gasteiger partial charge in [0.15, 0.2) is 5.82 Å². The summed E-state index contributed by atoms with van der Waals surface area (Å²) >= 11 is 0. The van der Waals surface area contributed by atoms with E-state index in [1.54, 1.807) is 75.5 Å². The van der Waals surface area contributed by atoms with Crippen molar-refractivity contribution >= 4 is 33.2 Å². The number of carbonyl (C=O) groups excluding carboxylic acids is 1. The summed E-state index contributed by atoms with van der Waals surface area (Å²) in [6.45, 7) is 5.34. The minimum absolute atomic E-state index is 0.0955. The number of carbonyl (C=O) groups is 1. The normalized spacial score (nSPS) is 11.5. The molecule has 3 rings (SSSR count). The molecule has 0 saturated heterocycles. The van der Waals surface area contributed by atoms with Gasteiger partial charge in [-0.25, -0.2) is 13.4 Å². The second-order valence-electron chi connectivity index (χ2n) is 7.97. The molecule has 2 aromatic carbocycles. The molecular formula is C23H25N3O5S. The van der Waals surface area contributed by atoms with Crippen LogP contribution in [0.4, 0.5) is 17.2 Å². The van der Waals surface area contributed by atoms with Gasteiger partial charge >= 0.3 is 5.97 Å². The average Bonchev–Trinajstić information content (AvgIpc) is 2.75. The maximum absolute atomic E-state index is 12.8. The number of benzene rings is 2. The first-order valence-electron chi connectivity index (χ1n) is 9.80. The van der Waals surface area contributed by atoms with E-state index in [2.05, 4.69) is 15.0 Å². The first kappa shape index (κ1) is 23.1. The van der Waals surface area contributed by atoms with E-state index in [4.69, 9.17) is 9.47 Å². The molecule has 0 aliphatic heterocycles. The molecule has 0 fully saturated rings. The summed E-state index contributed by atoms with van der Waals surface area (Å²) in [6, 6.07) is 16.0. The number of anilines is 3. The van der Waals surface area contributed by atoms with Gasteiger partial charge < -0.3 is 14.8 Å². The van der Waals surface area contributed by atoms with Gasteiger partial charge in [-0.2, -0.15) is 0 Å². The molecule has 3 aromatic rings. The van der Waals surface area contributed by atoms with Crippen molar-refractivity contribution in [3.05, 3.63) is 66.9 Å². The van der Waals surface area contributed by atoms with Gasteiger partial charge in [0.25, 0.3) is 10.0 Å². The summed E-state index contributed by atoms with van der Waals surface area (Å²) in [5.74, 6) is 0.962. The van der Waals surface area contributed by atoms with E-state index in [9.17, 15) is 13.2 Å². The predicted octanol–water partition coefficient (Wildman–Crippen LogP) is 4.59. The Morgan fingerprint density at radius 2 is 1.56 bits per heavy atom. The van der Waals surface area contributed by atoms with E-state index in [-0.39, 0.29) is 16.6 Å². The number of hydrogen-bond donors (Lipinski definition) is 2. The summed E-state index contributed by atoms with van der Waals surface area (Å²) < 4.78 is 38.5. The van der Waals surface area contributed by atoms with E-state index in [0.29, 0.717) is 23.0 Å². The third-order valence-corrected chi connectivity index (χ3v) is 5.74. The highest BCUT2D eigenvalue weighted by molar-refractivity contribution is 7.92. The average molecular weight is 456 g/mol. The number of nitrogens with zero attached hydrogens (tertiary/aromatic N) is 1. The molecule has 0 aliphatic rings. The van der Waals surface area contributed by atoms with Crippen molar-refractivity contribution in [1.29, 1.82) is 0 Å². The highest BCUT2D eigenvalue weighted by Gasteiger charge is 2.23. The smallest absolute Gasteiger partial charge is 0.316 e. The minimum Gasteiger partial charge on any atom is -0.497 e. The highest BCUT2D eigenvalue weighted by atomic mass is 32.2. The number of nitrogens with one attached hydrogen (secondary N) is 2. The Hall–Kier alpha value is -3.59. The fraction of sp³-hybridized carbons (Fsp3) is 0.217. The van der Waals surface area contributed by atoms with Crippen molar-refractivity contribution in [1.82, 2.24) is 4.98 Å². The van der Waals surface area contributed by atoms with Crippen LogP contribution in [0.3, 0.4) is 0 Å². The topological polar surface area (TPSA) is 107 Å². The number of rotatable bonds is 7. The number of methoxy groups -OCH3 is 1. The van der Waals surface area contributed by atoms with Crippen LogP contribution in [0.2, 0.25) is 0 Å². The summed E-state index contributed by atoms with van der Waals surface area (Å²) in [7, 11) is -2.32. The molecular weight excluding hydrogens is 430 g/mol. The van der Waals surface area contributed by atoms with Crippen molar-refractivity contribution in [3.63, 3.8) is 0 Å². The van der Waals surface area contributed by atoms with Crippen LogP contribution in [0.15, 0.2) is 71.8 Å². The van der Waals surface area contributed by atoms with Crippen molar-refractivity contribution in [2.75, 3.05) is 17.1 Å². The molecule has 1 aromatic heterocycles. The second kappa shape index (κ2) is 9.27. The van der Waals surface area contributed by atoms with Crippen LogP contribution in [-0.2, 0) is 14.8 Å². The molecule has 168 valence electrons. The van der Waals surface area contributed by atoms with Crippen LogP contribution in [0.1, 0.15) is 20.8 Å². The molecule has 0 amide bonds. The van der Waals surface area contributed by atoms with Gasteiger partial charge in [-0.15, -0.1) is 0 Å². The summed E-state index contributed by atoms with van der Waals surface area (Å²) in [5.41, 5.74) is 0.316. The van der Waals surface area contributed by atoms with Crippen LogP contribution < -0.4 is 19.5 Å². The highest BCUT2D eigenvalue weighted by Crippen LogP contribution is 2.27. The summed E-state index contributed by atoms with van der Waals surface area (Å²) in [4.78, 5) is 16.4. The Labute approximate surface area is 187 Å². The molecule has 0 radical (unpaired) electrons. The molecule has 0 aliphatic carbocycles. The fourth-order valence-corrected chi connectivity index (χ4v) is 3.62. The number of pyridine rings is 1. The summed E-state index contributed by atoms with van der Waals surface area (Å²) in [6.07, 6.45) is 1.55. The van der Waals surface area contributed by atoms with Crippen LogP contribution >= 0.6 is 0 Å². The maximum atomic E-state index is 12.8. The Balaban J connectivity index is 1.76. The molecule has 32 heavy (non-hydrogen) atoms. The number of aromatic nitrogens is 1. The Morgan fingerprint density at radius 1 is 0.938 bits per heavy atom. The van der Waals surface area contributed by atoms with Crippen LogP contribution in [-0.4, -0.2) is 26.5 Å². The van der Waals surface area contributed by atoms with Gasteiger partial charge in [0.2, 0.25) is 0 Å². The van der Waals surface area contributed by atoms with Gasteiger partial charge in [-0.3, -0.25) is 9.52 Å². The van der Waals surface area contributed by atoms with Gasteiger partial charge in [-0.05, 0) is 81.4 Å². The van der Waals surface area contributed by atoms with Gasteiger partial charge in [0.05, 0.1) is 23.1 Å². The number of esters is 1. The quantitative estimate of drug-likeness (QED) is 0.396. The maximum Gasteiger partial charge on any atom is 0.316 e. The molecule has 8 nitrogen and oxygen atoms in total. The lowest BCUT2D eigenvalue weighted by Crippen LogP contribution is -2.25. The molecule has 0 saturated carbocycles. The second-order valence-corrected chi connectivity index (χ2v) is 9.65. The van der Waals surface area contributed by atoms with Gasteiger partial charge in [0, 0.05) is 11.9 Å². The van der Waals surface area contributed by atoms with Gasteiger partial charge in [-0.1, -0.05) is 0 Å². The van der Waals surface area contributed by atoms with E-state index in [0.717, 1.165) is 0 Å². The Kier molecular flexibility index (Phi) is 6.69. The zero-order valence-corrected chi connectivity index (χ0v) is 19.1. The zero-order valence-electron chi connectivity index (χ0n) is 18.2. The molecule has 0 spiro atoms. The van der Waals surface area contributed by atoms with E-state index < -0.39 is 15.4 Å². The lowest BCUT2D eigenvalue weighted by molar-refractivity contribution is -0.142. The third kappa shape index (κ3) is 5.76. The minimum atomic E-state index is -3.83. The first-order chi connectivity index (χ1) is 15.1. The van der Waals surface area contributed by atoms with E-state index in [1.165, 1.54) is 19.2 Å². The largest absolute Gasteiger partial charge is 0.497 e. The molecule has 2 N–H and O–H groups in total. The molecule has 9 heteroatoms. The van der Waals surface area contributed by atoms with Crippen molar-refractivity contribution < 1.29 is 22.7 Å². The lowest BCUT2D eigenvalue weighted by Gasteiger charge is -2.16.